The maximum absolute atomic E-state index is 12.9. The zero-order valence-electron chi connectivity index (χ0n) is 22.5. The number of rotatable bonds is 11. The summed E-state index contributed by atoms with van der Waals surface area (Å²) in [4.78, 5) is 76.6. The molecule has 42 heavy (non-hydrogen) atoms. The van der Waals surface area contributed by atoms with E-state index in [4.69, 9.17) is 9.15 Å². The third-order valence-corrected chi connectivity index (χ3v) is 8.00. The fourth-order valence-corrected chi connectivity index (χ4v) is 5.85. The second kappa shape index (κ2) is 13.4. The van der Waals surface area contributed by atoms with Gasteiger partial charge in [0.2, 0.25) is 11.8 Å². The van der Waals surface area contributed by atoms with Crippen LogP contribution in [0.5, 0.6) is 5.75 Å². The van der Waals surface area contributed by atoms with Crippen molar-refractivity contribution in [1.29, 1.82) is 0 Å². The Morgan fingerprint density at radius 3 is 1.83 bits per heavy atom. The van der Waals surface area contributed by atoms with E-state index in [0.717, 1.165) is 21.6 Å². The van der Waals surface area contributed by atoms with Gasteiger partial charge in [-0.25, -0.2) is 0 Å². The average molecular weight is 601 g/mol. The quantitative estimate of drug-likeness (QED) is 0.279. The number of hydrogen-bond donors (Lipinski definition) is 2. The zero-order chi connectivity index (χ0) is 30.4. The van der Waals surface area contributed by atoms with E-state index in [1.807, 2.05) is 0 Å². The molecule has 0 spiro atoms. The Morgan fingerprint density at radius 2 is 1.38 bits per heavy atom. The van der Waals surface area contributed by atoms with Crippen LogP contribution in [0.4, 0.5) is 0 Å². The van der Waals surface area contributed by atoms with Crippen molar-refractivity contribution in [2.75, 3.05) is 31.7 Å². The van der Waals surface area contributed by atoms with Gasteiger partial charge >= 0.3 is 0 Å². The van der Waals surface area contributed by atoms with Gasteiger partial charge in [0.25, 0.3) is 11.8 Å². The van der Waals surface area contributed by atoms with Gasteiger partial charge in [-0.3, -0.25) is 19.2 Å². The lowest BCUT2D eigenvalue weighted by Gasteiger charge is -2.30. The van der Waals surface area contributed by atoms with Gasteiger partial charge in [-0.1, -0.05) is 0 Å². The first-order valence-electron chi connectivity index (χ1n) is 13.0. The van der Waals surface area contributed by atoms with Crippen molar-refractivity contribution < 1.29 is 48.1 Å². The highest BCUT2D eigenvalue weighted by Crippen LogP contribution is 2.23. The molecule has 4 rings (SSSR count). The number of likely N-dealkylation sites (tertiary alicyclic amines) is 2. The predicted octanol–water partition coefficient (Wildman–Crippen LogP) is -2.38. The van der Waals surface area contributed by atoms with Gasteiger partial charge in [-0.2, -0.15) is 0 Å². The van der Waals surface area contributed by atoms with E-state index in [1.165, 1.54) is 37.6 Å². The van der Waals surface area contributed by atoms with Crippen LogP contribution in [0.3, 0.4) is 0 Å². The third kappa shape index (κ3) is 6.84. The number of ether oxygens (including phenoxy) is 1. The number of carboxylic acid groups (broad SMARTS) is 2. The van der Waals surface area contributed by atoms with Crippen molar-refractivity contribution in [1.82, 2.24) is 20.4 Å². The Morgan fingerprint density at radius 1 is 0.857 bits per heavy atom. The molecule has 0 unspecified atom stereocenters. The summed E-state index contributed by atoms with van der Waals surface area (Å²) >= 11 is 0.889. The Labute approximate surface area is 244 Å². The lowest BCUT2D eigenvalue weighted by atomic mass is 10.1. The number of carbonyl (C=O) groups excluding carboxylic acids is 6. The minimum atomic E-state index is -1.54. The molecule has 2 fully saturated rings. The van der Waals surface area contributed by atoms with Crippen LogP contribution in [0.25, 0.3) is 0 Å². The average Bonchev–Trinajstić information content (AvgIpc) is 3.73. The molecule has 2 N–H and O–H groups in total. The Hall–Kier alpha value is -4.53. The number of aliphatic carboxylic acids is 2. The molecular formula is C27H28N4O10S-2. The monoisotopic (exact) mass is 600 g/mol. The first-order chi connectivity index (χ1) is 20.1. The smallest absolute Gasteiger partial charge is 0.287 e. The Kier molecular flexibility index (Phi) is 9.72. The number of nitrogens with zero attached hydrogens (tertiary/aromatic N) is 2. The van der Waals surface area contributed by atoms with Crippen LogP contribution in [0, 0.1) is 0 Å². The predicted molar refractivity (Wildman–Crippen MR) is 142 cm³/mol. The molecule has 0 bridgehead atoms. The van der Waals surface area contributed by atoms with Crippen molar-refractivity contribution >= 4 is 47.3 Å². The number of carbonyl (C=O) groups is 6. The number of hydrogen-bond acceptors (Lipinski definition) is 11. The molecule has 14 nitrogen and oxygen atoms in total. The van der Waals surface area contributed by atoms with Crippen LogP contribution >= 0.6 is 11.8 Å². The molecule has 2 aliphatic rings. The molecule has 1 aromatic carbocycles. The molecule has 3 heterocycles. The molecule has 0 saturated carbocycles. The number of methoxy groups -OCH3 is 1. The lowest BCUT2D eigenvalue weighted by molar-refractivity contribution is -0.312. The van der Waals surface area contributed by atoms with Crippen molar-refractivity contribution in [3.05, 3.63) is 54.0 Å². The standard InChI is InChI=1S/C27H30N4O10S/c1-40-16-6-4-15(5-7-16)24(34)28-17-8-10-30(22(17)26(36)37)20(32)13-42-14-21(33)31-11-9-18(23(31)27(38)39)29-25(35)19-3-2-12-41-19/h2-7,12,17-18,22-23H,8-11,13-14H2,1H3,(H,28,34)(H,29,35)(H,36,37)(H,38,39)/p-2/t17-,18-,22-,23-/m0/s1. The SMILES string of the molecule is COc1ccc(C(=O)N[C@H]2CCN(C(=O)CSCC(=O)N3CC[C@H](NC(=O)c4ccco4)[C@H]3C(=O)[O-])[C@@H]2C(=O)[O-])cc1. The van der Waals surface area contributed by atoms with Crippen LogP contribution < -0.4 is 25.6 Å². The van der Waals surface area contributed by atoms with Crippen molar-refractivity contribution in [2.45, 2.75) is 37.0 Å². The van der Waals surface area contributed by atoms with E-state index in [0.29, 0.717) is 5.75 Å². The number of thioether (sulfide) groups is 1. The largest absolute Gasteiger partial charge is 0.548 e. The molecular weight excluding hydrogens is 572 g/mol. The van der Waals surface area contributed by atoms with Gasteiger partial charge in [0.15, 0.2) is 5.76 Å². The number of amides is 4. The van der Waals surface area contributed by atoms with Gasteiger partial charge in [0, 0.05) is 18.7 Å². The summed E-state index contributed by atoms with van der Waals surface area (Å²) in [6.07, 6.45) is 1.65. The van der Waals surface area contributed by atoms with E-state index < -0.39 is 59.7 Å². The molecule has 2 aromatic rings. The zero-order valence-corrected chi connectivity index (χ0v) is 23.3. The van der Waals surface area contributed by atoms with Crippen LogP contribution in [-0.2, 0) is 19.2 Å². The van der Waals surface area contributed by atoms with Gasteiger partial charge in [-0.15, -0.1) is 11.8 Å². The molecule has 0 aliphatic carbocycles. The van der Waals surface area contributed by atoms with Gasteiger partial charge in [0.05, 0.1) is 61.0 Å². The molecule has 0 radical (unpaired) electrons. The third-order valence-electron chi connectivity index (χ3n) is 7.10. The summed E-state index contributed by atoms with van der Waals surface area (Å²) < 4.78 is 10.1. The van der Waals surface area contributed by atoms with Crippen LogP contribution in [0.15, 0.2) is 47.1 Å². The maximum atomic E-state index is 12.9. The van der Waals surface area contributed by atoms with E-state index in [1.54, 1.807) is 12.1 Å². The van der Waals surface area contributed by atoms with Crippen LogP contribution in [0.2, 0.25) is 0 Å². The van der Waals surface area contributed by atoms with Crippen molar-refractivity contribution in [3.8, 4) is 5.75 Å². The first-order valence-corrected chi connectivity index (χ1v) is 14.1. The molecule has 224 valence electrons. The summed E-state index contributed by atoms with van der Waals surface area (Å²) in [5.74, 6) is -5.38. The highest BCUT2D eigenvalue weighted by atomic mass is 32.2. The summed E-state index contributed by atoms with van der Waals surface area (Å²) in [6, 6.07) is 4.53. The second-order valence-corrected chi connectivity index (χ2v) is 10.6. The summed E-state index contributed by atoms with van der Waals surface area (Å²) in [5, 5.41) is 29.0. The van der Waals surface area contributed by atoms with Gasteiger partial charge in [-0.05, 0) is 49.2 Å². The minimum absolute atomic E-state index is 0.00902. The second-order valence-electron chi connectivity index (χ2n) is 9.64. The van der Waals surface area contributed by atoms with Gasteiger partial charge in [0.1, 0.15) is 5.75 Å². The molecule has 15 heteroatoms. The van der Waals surface area contributed by atoms with Crippen LogP contribution in [0.1, 0.15) is 33.8 Å². The van der Waals surface area contributed by atoms with E-state index >= 15 is 0 Å². The van der Waals surface area contributed by atoms with E-state index in [9.17, 15) is 39.0 Å². The molecule has 2 aliphatic heterocycles. The van der Waals surface area contributed by atoms with E-state index in [-0.39, 0.29) is 48.8 Å². The lowest BCUT2D eigenvalue weighted by Crippen LogP contribution is -2.56. The summed E-state index contributed by atoms with van der Waals surface area (Å²) in [5.41, 5.74) is 0.284. The number of furan rings is 1. The molecule has 4 amide bonds. The first kappa shape index (κ1) is 30.4. The molecule has 4 atom stereocenters. The normalized spacial score (nSPS) is 21.5. The fraction of sp³-hybridized carbons (Fsp3) is 0.407. The van der Waals surface area contributed by atoms with E-state index in [2.05, 4.69) is 10.6 Å². The molecule has 2 saturated heterocycles. The maximum Gasteiger partial charge on any atom is 0.287 e. The number of carboxylic acids is 2. The Balaban J connectivity index is 1.29. The summed E-state index contributed by atoms with van der Waals surface area (Å²) in [7, 11) is 1.48. The van der Waals surface area contributed by atoms with Crippen LogP contribution in [-0.4, -0.2) is 101 Å². The minimum Gasteiger partial charge on any atom is -0.548 e. The van der Waals surface area contributed by atoms with Crippen molar-refractivity contribution in [3.63, 3.8) is 0 Å². The Bertz CT molecular complexity index is 1330. The highest BCUT2D eigenvalue weighted by Gasteiger charge is 2.40. The topological polar surface area (TPSA) is 201 Å². The van der Waals surface area contributed by atoms with Gasteiger partial charge < -0.3 is 49.4 Å². The fourth-order valence-electron chi connectivity index (χ4n) is 5.06. The molecule has 1 aromatic heterocycles. The number of benzene rings is 1. The summed E-state index contributed by atoms with van der Waals surface area (Å²) in [6.45, 7) is 0.0962. The number of nitrogens with one attached hydrogen (secondary N) is 2. The van der Waals surface area contributed by atoms with Crippen molar-refractivity contribution in [2.24, 2.45) is 0 Å². The highest BCUT2D eigenvalue weighted by molar-refractivity contribution is 8.00.